The molecule has 17 heavy (non-hydrogen) atoms. The Bertz CT molecular complexity index is 571. The average molecular weight is 232 g/mol. The van der Waals surface area contributed by atoms with Crippen LogP contribution in [-0.2, 0) is 19.4 Å². The van der Waals surface area contributed by atoms with Gasteiger partial charge in [-0.1, -0.05) is 6.92 Å². The fourth-order valence-corrected chi connectivity index (χ4v) is 2.71. The van der Waals surface area contributed by atoms with Crippen molar-refractivity contribution in [2.24, 2.45) is 0 Å². The molecule has 1 aliphatic heterocycles. The third-order valence-electron chi connectivity index (χ3n) is 3.71. The van der Waals surface area contributed by atoms with Gasteiger partial charge in [-0.15, -0.1) is 0 Å². The smallest absolute Gasteiger partial charge is 0.128 e. The van der Waals surface area contributed by atoms with E-state index >= 15 is 0 Å². The van der Waals surface area contributed by atoms with Gasteiger partial charge < -0.3 is 9.88 Å². The van der Waals surface area contributed by atoms with Crippen LogP contribution in [0.3, 0.4) is 0 Å². The predicted molar refractivity (Wildman–Crippen MR) is 67.7 cm³/mol. The molecule has 1 aromatic carbocycles. The quantitative estimate of drug-likeness (QED) is 0.801. The number of aromatic amines is 1. The maximum atomic E-state index is 13.7. The molecule has 1 N–H and O–H groups in total. The first kappa shape index (κ1) is 10.8. The van der Waals surface area contributed by atoms with Gasteiger partial charge in [-0.25, -0.2) is 4.39 Å². The molecule has 0 saturated heterocycles. The number of nitrogens with one attached hydrogen (secondary N) is 1. The van der Waals surface area contributed by atoms with Gasteiger partial charge in [0, 0.05) is 29.7 Å². The standard InChI is InChI=1S/C14H17FN2/c1-3-9-6-11-10-4-5-17(2)8-14(10)16-13(11)7-12(9)15/h6-7,16H,3-5,8H2,1-2H3. The largest absolute Gasteiger partial charge is 0.357 e. The van der Waals surface area contributed by atoms with Gasteiger partial charge in [0.25, 0.3) is 0 Å². The van der Waals surface area contributed by atoms with Crippen molar-refractivity contribution in [1.29, 1.82) is 0 Å². The van der Waals surface area contributed by atoms with E-state index in [-0.39, 0.29) is 5.82 Å². The van der Waals surface area contributed by atoms with Crippen molar-refractivity contribution >= 4 is 10.9 Å². The van der Waals surface area contributed by atoms with E-state index in [1.54, 1.807) is 6.07 Å². The lowest BCUT2D eigenvalue weighted by molar-refractivity contribution is 0.310. The van der Waals surface area contributed by atoms with E-state index in [1.807, 2.05) is 13.0 Å². The zero-order chi connectivity index (χ0) is 12.0. The Morgan fingerprint density at radius 3 is 3.00 bits per heavy atom. The van der Waals surface area contributed by atoms with Crippen molar-refractivity contribution in [3.8, 4) is 0 Å². The van der Waals surface area contributed by atoms with Crippen LogP contribution in [0, 0.1) is 5.82 Å². The van der Waals surface area contributed by atoms with E-state index in [1.165, 1.54) is 16.6 Å². The zero-order valence-electron chi connectivity index (χ0n) is 10.3. The van der Waals surface area contributed by atoms with Crippen LogP contribution < -0.4 is 0 Å². The van der Waals surface area contributed by atoms with Gasteiger partial charge in [0.15, 0.2) is 0 Å². The number of aromatic nitrogens is 1. The number of benzene rings is 1. The molecule has 2 nitrogen and oxygen atoms in total. The number of nitrogens with zero attached hydrogens (tertiary/aromatic N) is 1. The van der Waals surface area contributed by atoms with Crippen molar-refractivity contribution < 1.29 is 4.39 Å². The summed E-state index contributed by atoms with van der Waals surface area (Å²) in [4.78, 5) is 5.64. The minimum atomic E-state index is -0.0908. The molecule has 0 spiro atoms. The minimum Gasteiger partial charge on any atom is -0.357 e. The molecule has 0 aliphatic carbocycles. The zero-order valence-corrected chi connectivity index (χ0v) is 10.3. The number of H-pyrrole nitrogens is 1. The van der Waals surface area contributed by atoms with Crippen LogP contribution in [-0.4, -0.2) is 23.5 Å². The Labute approximate surface area is 100 Å². The lowest BCUT2D eigenvalue weighted by Crippen LogP contribution is -2.26. The highest BCUT2D eigenvalue weighted by Crippen LogP contribution is 2.29. The summed E-state index contributed by atoms with van der Waals surface area (Å²) in [5.41, 5.74) is 4.40. The lowest BCUT2D eigenvalue weighted by atomic mass is 10.0. The molecule has 0 unspecified atom stereocenters. The molecule has 3 rings (SSSR count). The SMILES string of the molecule is CCc1cc2c3c([nH]c2cc1F)CN(C)CC3. The third-order valence-corrected chi connectivity index (χ3v) is 3.71. The molecule has 0 bridgehead atoms. The molecule has 90 valence electrons. The van der Waals surface area contributed by atoms with Gasteiger partial charge in [-0.2, -0.15) is 0 Å². The van der Waals surface area contributed by atoms with E-state index < -0.39 is 0 Å². The Kier molecular flexibility index (Phi) is 2.44. The van der Waals surface area contributed by atoms with Crippen molar-refractivity contribution in [3.05, 3.63) is 34.8 Å². The molecule has 1 aliphatic rings. The van der Waals surface area contributed by atoms with Crippen LogP contribution in [0.2, 0.25) is 0 Å². The van der Waals surface area contributed by atoms with Gasteiger partial charge in [0.05, 0.1) is 0 Å². The van der Waals surface area contributed by atoms with Gasteiger partial charge in [-0.05, 0) is 43.1 Å². The summed E-state index contributed by atoms with van der Waals surface area (Å²) >= 11 is 0. The molecule has 3 heteroatoms. The fourth-order valence-electron chi connectivity index (χ4n) is 2.71. The number of likely N-dealkylation sites (N-methyl/N-ethyl adjacent to an activating group) is 1. The molecule has 0 radical (unpaired) electrons. The fraction of sp³-hybridized carbons (Fsp3) is 0.429. The van der Waals surface area contributed by atoms with Gasteiger partial charge >= 0.3 is 0 Å². The Morgan fingerprint density at radius 2 is 2.24 bits per heavy atom. The average Bonchev–Trinajstić information content (AvgIpc) is 2.63. The second kappa shape index (κ2) is 3.84. The van der Waals surface area contributed by atoms with Crippen molar-refractivity contribution in [2.75, 3.05) is 13.6 Å². The van der Waals surface area contributed by atoms with Gasteiger partial charge in [0.2, 0.25) is 0 Å². The number of rotatable bonds is 1. The monoisotopic (exact) mass is 232 g/mol. The van der Waals surface area contributed by atoms with Crippen LogP contribution in [0.25, 0.3) is 10.9 Å². The molecular formula is C14H17FN2. The maximum absolute atomic E-state index is 13.7. The molecule has 2 aromatic rings. The Hall–Kier alpha value is -1.35. The molecule has 0 amide bonds. The highest BCUT2D eigenvalue weighted by molar-refractivity contribution is 5.85. The first-order chi connectivity index (χ1) is 8.19. The van der Waals surface area contributed by atoms with Gasteiger partial charge in [-0.3, -0.25) is 0 Å². The third kappa shape index (κ3) is 1.65. The number of hydrogen-bond acceptors (Lipinski definition) is 1. The molecular weight excluding hydrogens is 215 g/mol. The van der Waals surface area contributed by atoms with Gasteiger partial charge in [0.1, 0.15) is 5.82 Å². The molecule has 1 aromatic heterocycles. The van der Waals surface area contributed by atoms with Crippen molar-refractivity contribution in [1.82, 2.24) is 9.88 Å². The first-order valence-electron chi connectivity index (χ1n) is 6.19. The summed E-state index contributed by atoms with van der Waals surface area (Å²) in [6.07, 6.45) is 1.81. The van der Waals surface area contributed by atoms with E-state index in [4.69, 9.17) is 0 Å². The number of fused-ring (bicyclic) bond motifs is 3. The summed E-state index contributed by atoms with van der Waals surface area (Å²) < 4.78 is 13.7. The van der Waals surface area contributed by atoms with E-state index in [2.05, 4.69) is 16.9 Å². The van der Waals surface area contributed by atoms with E-state index in [0.29, 0.717) is 0 Å². The van der Waals surface area contributed by atoms with E-state index in [0.717, 1.165) is 37.0 Å². The van der Waals surface area contributed by atoms with Crippen molar-refractivity contribution in [2.45, 2.75) is 26.3 Å². The second-order valence-corrected chi connectivity index (χ2v) is 4.91. The van der Waals surface area contributed by atoms with Crippen molar-refractivity contribution in [3.63, 3.8) is 0 Å². The molecule has 0 atom stereocenters. The normalized spacial score (nSPS) is 16.4. The van der Waals surface area contributed by atoms with Crippen LogP contribution in [0.1, 0.15) is 23.7 Å². The summed E-state index contributed by atoms with van der Waals surface area (Å²) in [5, 5.41) is 1.21. The van der Waals surface area contributed by atoms with Crippen LogP contribution in [0.4, 0.5) is 4.39 Å². The van der Waals surface area contributed by atoms with Crippen LogP contribution >= 0.6 is 0 Å². The number of hydrogen-bond donors (Lipinski definition) is 1. The summed E-state index contributed by atoms with van der Waals surface area (Å²) in [5.74, 6) is -0.0908. The number of aryl methyl sites for hydroxylation is 1. The Balaban J connectivity index is 2.22. The molecule has 2 heterocycles. The van der Waals surface area contributed by atoms with E-state index in [9.17, 15) is 4.39 Å². The molecule has 0 saturated carbocycles. The second-order valence-electron chi connectivity index (χ2n) is 4.91. The first-order valence-corrected chi connectivity index (χ1v) is 6.19. The highest BCUT2D eigenvalue weighted by Gasteiger charge is 2.19. The molecule has 0 fully saturated rings. The van der Waals surface area contributed by atoms with Crippen LogP contribution in [0.15, 0.2) is 12.1 Å². The summed E-state index contributed by atoms with van der Waals surface area (Å²) in [6, 6.07) is 3.66. The number of halogens is 1. The minimum absolute atomic E-state index is 0.0908. The van der Waals surface area contributed by atoms with Crippen LogP contribution in [0.5, 0.6) is 0 Å². The Morgan fingerprint density at radius 1 is 1.41 bits per heavy atom. The predicted octanol–water partition coefficient (Wildman–Crippen LogP) is 2.86. The maximum Gasteiger partial charge on any atom is 0.128 e. The lowest BCUT2D eigenvalue weighted by Gasteiger charge is -2.22. The summed E-state index contributed by atoms with van der Waals surface area (Å²) in [6.45, 7) is 4.02. The topological polar surface area (TPSA) is 19.0 Å². The summed E-state index contributed by atoms with van der Waals surface area (Å²) in [7, 11) is 2.12. The highest BCUT2D eigenvalue weighted by atomic mass is 19.1.